The van der Waals surface area contributed by atoms with Crippen LogP contribution in [0.25, 0.3) is 11.1 Å². The van der Waals surface area contributed by atoms with Crippen molar-refractivity contribution in [2.75, 3.05) is 18.1 Å². The van der Waals surface area contributed by atoms with Crippen molar-refractivity contribution < 1.29 is 34.1 Å². The van der Waals surface area contributed by atoms with Gasteiger partial charge in [0.1, 0.15) is 11.8 Å². The monoisotopic (exact) mass is 650 g/mol. The normalized spacial score (nSPS) is 16.8. The van der Waals surface area contributed by atoms with Gasteiger partial charge in [-0.05, 0) is 90.6 Å². The van der Waals surface area contributed by atoms with E-state index in [4.69, 9.17) is 9.84 Å². The Kier molecular flexibility index (Phi) is 9.29. The molecule has 0 saturated heterocycles. The van der Waals surface area contributed by atoms with Crippen molar-refractivity contribution in [1.82, 2.24) is 15.1 Å². The van der Waals surface area contributed by atoms with Crippen LogP contribution in [0.2, 0.25) is 0 Å². The smallest absolute Gasteiger partial charge is 0.326 e. The molecule has 48 heavy (non-hydrogen) atoms. The summed E-state index contributed by atoms with van der Waals surface area (Å²) in [6, 6.07) is 17.2. The van der Waals surface area contributed by atoms with E-state index in [0.29, 0.717) is 37.8 Å². The van der Waals surface area contributed by atoms with Crippen molar-refractivity contribution >= 4 is 29.4 Å². The van der Waals surface area contributed by atoms with Crippen LogP contribution in [-0.2, 0) is 20.9 Å². The van der Waals surface area contributed by atoms with Gasteiger partial charge in [0.05, 0.1) is 25.8 Å². The largest absolute Gasteiger partial charge is 0.493 e. The van der Waals surface area contributed by atoms with Gasteiger partial charge in [-0.25, -0.2) is 4.79 Å². The van der Waals surface area contributed by atoms with E-state index in [2.05, 4.69) is 29.5 Å². The number of carbonyl (C=O) groups excluding carboxylic acids is 2. The summed E-state index contributed by atoms with van der Waals surface area (Å²) < 4.78 is 7.76. The second-order valence-corrected chi connectivity index (χ2v) is 12.6. The van der Waals surface area contributed by atoms with Gasteiger partial charge < -0.3 is 25.2 Å². The Morgan fingerprint density at radius 1 is 1.04 bits per heavy atom. The molecule has 2 amide bonds. The van der Waals surface area contributed by atoms with Gasteiger partial charge in [0, 0.05) is 36.0 Å². The fraction of sp³-hybridized carbons (Fsp3) is 0.324. The number of nitrogens with zero attached hydrogens (tertiary/aromatic N) is 3. The summed E-state index contributed by atoms with van der Waals surface area (Å²) in [6.07, 6.45) is 5.09. The fourth-order valence-corrected chi connectivity index (χ4v) is 6.43. The SMILES string of the molecule is Cc1cccc(OCCCC(=O)N2C[C@@H]3C[C@@H]3c3c(-c4cnn(Cc5cccc(C(=O)N[C@H](CC(=O)O)C(=O)O)c5)c4)cccc32)c1C. The topological polar surface area (TPSA) is 151 Å². The zero-order valence-corrected chi connectivity index (χ0v) is 26.9. The van der Waals surface area contributed by atoms with Crippen LogP contribution in [0.15, 0.2) is 73.1 Å². The number of aromatic nitrogens is 2. The molecule has 2 heterocycles. The number of carboxylic acid groups (broad SMARTS) is 2. The number of carbonyl (C=O) groups is 4. The van der Waals surface area contributed by atoms with E-state index in [1.807, 2.05) is 48.4 Å². The number of amides is 2. The minimum absolute atomic E-state index is 0.0977. The predicted octanol–water partition coefficient (Wildman–Crippen LogP) is 5.18. The first kappa shape index (κ1) is 32.5. The maximum absolute atomic E-state index is 13.5. The second kappa shape index (κ2) is 13.7. The highest BCUT2D eigenvalue weighted by atomic mass is 16.5. The minimum Gasteiger partial charge on any atom is -0.493 e. The van der Waals surface area contributed by atoms with Gasteiger partial charge in [-0.2, -0.15) is 5.10 Å². The van der Waals surface area contributed by atoms with Crippen LogP contribution in [0.3, 0.4) is 0 Å². The number of aliphatic carboxylic acids is 2. The van der Waals surface area contributed by atoms with Gasteiger partial charge in [0.25, 0.3) is 5.91 Å². The number of rotatable bonds is 13. The number of aryl methyl sites for hydroxylation is 1. The van der Waals surface area contributed by atoms with Crippen molar-refractivity contribution in [2.45, 2.75) is 58.0 Å². The molecule has 2 aliphatic rings. The van der Waals surface area contributed by atoms with Crippen LogP contribution in [0.5, 0.6) is 5.75 Å². The van der Waals surface area contributed by atoms with E-state index in [-0.39, 0.29) is 11.5 Å². The average molecular weight is 651 g/mol. The first-order valence-corrected chi connectivity index (χ1v) is 16.1. The summed E-state index contributed by atoms with van der Waals surface area (Å²) in [6.45, 7) is 5.66. The maximum Gasteiger partial charge on any atom is 0.326 e. The number of benzene rings is 3. The molecule has 0 radical (unpaired) electrons. The van der Waals surface area contributed by atoms with E-state index in [0.717, 1.165) is 46.7 Å². The third-order valence-corrected chi connectivity index (χ3v) is 9.19. The molecule has 1 aliphatic heterocycles. The number of hydrogen-bond acceptors (Lipinski definition) is 6. The van der Waals surface area contributed by atoms with E-state index >= 15 is 0 Å². The van der Waals surface area contributed by atoms with Gasteiger partial charge in [-0.1, -0.05) is 36.4 Å². The number of fused-ring (bicyclic) bond motifs is 3. The number of anilines is 1. The molecule has 3 atom stereocenters. The Morgan fingerprint density at radius 3 is 2.62 bits per heavy atom. The molecular weight excluding hydrogens is 612 g/mol. The van der Waals surface area contributed by atoms with Crippen molar-refractivity contribution in [3.05, 3.63) is 101 Å². The van der Waals surface area contributed by atoms with Crippen molar-refractivity contribution in [3.63, 3.8) is 0 Å². The van der Waals surface area contributed by atoms with E-state index in [1.165, 1.54) is 11.1 Å². The van der Waals surface area contributed by atoms with Crippen LogP contribution in [0, 0.1) is 19.8 Å². The summed E-state index contributed by atoms with van der Waals surface area (Å²) in [5.74, 6) is -1.61. The lowest BCUT2D eigenvalue weighted by atomic mass is 9.92. The first-order valence-electron chi connectivity index (χ1n) is 16.1. The van der Waals surface area contributed by atoms with Crippen molar-refractivity contribution in [1.29, 1.82) is 0 Å². The summed E-state index contributed by atoms with van der Waals surface area (Å²) in [5.41, 5.74) is 7.39. The van der Waals surface area contributed by atoms with Gasteiger partial charge in [0.2, 0.25) is 5.91 Å². The number of carboxylic acids is 2. The lowest BCUT2D eigenvalue weighted by Gasteiger charge is -2.30. The lowest BCUT2D eigenvalue weighted by molar-refractivity contribution is -0.145. The van der Waals surface area contributed by atoms with E-state index < -0.39 is 30.3 Å². The molecule has 11 nitrogen and oxygen atoms in total. The van der Waals surface area contributed by atoms with Crippen LogP contribution in [-0.4, -0.2) is 62.9 Å². The zero-order chi connectivity index (χ0) is 33.9. The van der Waals surface area contributed by atoms with Gasteiger partial charge in [-0.3, -0.25) is 19.1 Å². The molecule has 0 bridgehead atoms. The van der Waals surface area contributed by atoms with Crippen LogP contribution < -0.4 is 15.0 Å². The predicted molar refractivity (Wildman–Crippen MR) is 178 cm³/mol. The molecule has 4 aromatic rings. The lowest BCUT2D eigenvalue weighted by Crippen LogP contribution is -2.42. The van der Waals surface area contributed by atoms with E-state index in [9.17, 15) is 24.3 Å². The van der Waals surface area contributed by atoms with Crippen LogP contribution >= 0.6 is 0 Å². The molecule has 1 fully saturated rings. The molecule has 11 heteroatoms. The molecule has 1 saturated carbocycles. The summed E-state index contributed by atoms with van der Waals surface area (Å²) in [5, 5.41) is 25.1. The molecule has 6 rings (SSSR count). The highest BCUT2D eigenvalue weighted by Gasteiger charge is 2.47. The second-order valence-electron chi connectivity index (χ2n) is 12.6. The number of hydrogen-bond donors (Lipinski definition) is 3. The van der Waals surface area contributed by atoms with E-state index in [1.54, 1.807) is 29.1 Å². The van der Waals surface area contributed by atoms with Gasteiger partial charge in [-0.15, -0.1) is 0 Å². The van der Waals surface area contributed by atoms with Crippen molar-refractivity contribution in [3.8, 4) is 16.9 Å². The van der Waals surface area contributed by atoms with Gasteiger partial charge >= 0.3 is 11.9 Å². The third kappa shape index (κ3) is 7.10. The standard InChI is InChI=1S/C37H38N4O7/c1-22-7-3-12-32(23(22)2)48-14-6-13-33(42)41-21-26-16-29(26)35-28(10-5-11-31(35)41)27-18-38-40(20-27)19-24-8-4-9-25(15-24)36(45)39-30(37(46)47)17-34(43)44/h3-5,7-12,15,18,20,26,29-30H,6,13-14,16-17,19,21H2,1-2H3,(H,39,45)(H,43,44)(H,46,47)/t26-,29-,30+/m0/s1. The summed E-state index contributed by atoms with van der Waals surface area (Å²) >= 11 is 0. The Bertz CT molecular complexity index is 1880. The Labute approximate surface area is 278 Å². The zero-order valence-electron chi connectivity index (χ0n) is 26.9. The number of ether oxygens (including phenoxy) is 1. The minimum atomic E-state index is -1.54. The summed E-state index contributed by atoms with van der Waals surface area (Å²) in [4.78, 5) is 50.5. The Hall–Kier alpha value is -5.45. The number of nitrogens with one attached hydrogen (secondary N) is 1. The van der Waals surface area contributed by atoms with Crippen molar-refractivity contribution in [2.24, 2.45) is 5.92 Å². The first-order chi connectivity index (χ1) is 23.1. The molecular formula is C37H38N4O7. The third-order valence-electron chi connectivity index (χ3n) is 9.19. The molecule has 3 aromatic carbocycles. The fourth-order valence-electron chi connectivity index (χ4n) is 6.43. The highest BCUT2D eigenvalue weighted by molar-refractivity contribution is 5.98. The molecule has 1 aromatic heterocycles. The average Bonchev–Trinajstić information content (AvgIpc) is 3.71. The molecule has 0 spiro atoms. The summed E-state index contributed by atoms with van der Waals surface area (Å²) in [7, 11) is 0. The molecule has 1 aliphatic carbocycles. The Morgan fingerprint density at radius 2 is 1.83 bits per heavy atom. The highest BCUT2D eigenvalue weighted by Crippen LogP contribution is 2.57. The van der Waals surface area contributed by atoms with Crippen LogP contribution in [0.1, 0.15) is 64.2 Å². The Balaban J connectivity index is 1.13. The molecule has 248 valence electrons. The quantitative estimate of drug-likeness (QED) is 0.168. The van der Waals surface area contributed by atoms with Crippen LogP contribution in [0.4, 0.5) is 5.69 Å². The van der Waals surface area contributed by atoms with Gasteiger partial charge in [0.15, 0.2) is 0 Å². The molecule has 3 N–H and O–H groups in total. The molecule has 0 unspecified atom stereocenters. The maximum atomic E-state index is 13.5.